The third kappa shape index (κ3) is 4.11. The highest BCUT2D eigenvalue weighted by atomic mass is 35.5. The van der Waals surface area contributed by atoms with Crippen LogP contribution in [0.2, 0.25) is 5.02 Å². The van der Waals surface area contributed by atoms with E-state index in [1.165, 1.54) is 14.2 Å². The van der Waals surface area contributed by atoms with Crippen LogP contribution in [0.1, 0.15) is 0 Å². The van der Waals surface area contributed by atoms with Crippen molar-refractivity contribution in [3.8, 4) is 0 Å². The molecule has 0 bridgehead atoms. The van der Waals surface area contributed by atoms with Crippen LogP contribution in [0.3, 0.4) is 0 Å². The summed E-state index contributed by atoms with van der Waals surface area (Å²) in [5, 5.41) is 3.91. The number of carbonyl (C=O) groups excluding carboxylic acids is 2. The maximum Gasteiger partial charge on any atom is 0.355 e. The number of benzene rings is 2. The van der Waals surface area contributed by atoms with Crippen molar-refractivity contribution in [3.05, 3.63) is 64.8 Å². The van der Waals surface area contributed by atoms with Gasteiger partial charge in [-0.05, 0) is 36.4 Å². The zero-order chi connectivity index (χ0) is 20.1. The quantitative estimate of drug-likeness (QED) is 0.767. The molecule has 0 aliphatic carbocycles. The van der Waals surface area contributed by atoms with Gasteiger partial charge in [-0.15, -0.1) is 0 Å². The van der Waals surface area contributed by atoms with E-state index in [1.807, 2.05) is 36.4 Å². The Hall–Kier alpha value is -3.03. The summed E-state index contributed by atoms with van der Waals surface area (Å²) in [6.07, 6.45) is 0. The van der Waals surface area contributed by atoms with Crippen LogP contribution in [0.15, 0.2) is 59.8 Å². The largest absolute Gasteiger partial charge is 0.466 e. The third-order valence-corrected chi connectivity index (χ3v) is 4.40. The van der Waals surface area contributed by atoms with Crippen molar-refractivity contribution in [1.29, 1.82) is 0 Å². The number of anilines is 3. The van der Waals surface area contributed by atoms with E-state index in [0.29, 0.717) is 16.4 Å². The number of halogens is 1. The summed E-state index contributed by atoms with van der Waals surface area (Å²) < 4.78 is 15.2. The molecule has 0 saturated heterocycles. The highest BCUT2D eigenvalue weighted by molar-refractivity contribution is 6.30. The molecule has 0 fully saturated rings. The molecule has 0 unspecified atom stereocenters. The van der Waals surface area contributed by atoms with Gasteiger partial charge < -0.3 is 24.4 Å². The predicted octanol–water partition coefficient (Wildman–Crippen LogP) is 3.48. The molecular weight excluding hydrogens is 384 g/mol. The van der Waals surface area contributed by atoms with Crippen molar-refractivity contribution in [2.75, 3.05) is 37.8 Å². The SMILES string of the molecule is COC(=O)C1=C(C(=O)OC)N(c2ccccc2Nc2ccc(Cl)cc2)COC1. The van der Waals surface area contributed by atoms with Gasteiger partial charge in [0.1, 0.15) is 12.4 Å². The second-order valence-corrected chi connectivity index (χ2v) is 6.30. The van der Waals surface area contributed by atoms with Crippen LogP contribution in [0.25, 0.3) is 0 Å². The Labute approximate surface area is 167 Å². The van der Waals surface area contributed by atoms with Crippen LogP contribution in [-0.4, -0.2) is 39.5 Å². The van der Waals surface area contributed by atoms with Gasteiger partial charge in [-0.25, -0.2) is 9.59 Å². The average molecular weight is 403 g/mol. The molecule has 1 aliphatic rings. The number of nitrogens with one attached hydrogen (secondary N) is 1. The van der Waals surface area contributed by atoms with E-state index < -0.39 is 11.9 Å². The fourth-order valence-corrected chi connectivity index (χ4v) is 2.96. The number of hydrogen-bond acceptors (Lipinski definition) is 7. The number of carbonyl (C=O) groups is 2. The molecule has 0 aromatic heterocycles. The molecule has 8 heteroatoms. The first kappa shape index (κ1) is 19.7. The number of rotatable bonds is 5. The van der Waals surface area contributed by atoms with Crippen molar-refractivity contribution >= 4 is 40.6 Å². The second kappa shape index (κ2) is 8.77. The van der Waals surface area contributed by atoms with Gasteiger partial charge in [-0.2, -0.15) is 0 Å². The number of para-hydroxylation sites is 2. The first-order chi connectivity index (χ1) is 13.5. The lowest BCUT2D eigenvalue weighted by atomic mass is 10.1. The monoisotopic (exact) mass is 402 g/mol. The van der Waals surface area contributed by atoms with E-state index in [-0.39, 0.29) is 24.6 Å². The standard InChI is InChI=1S/C20H19ClN2O5/c1-26-19(24)15-11-28-12-23(18(15)20(25)27-2)17-6-4-3-5-16(17)22-14-9-7-13(21)8-10-14/h3-10,22H,11-12H2,1-2H3. The second-order valence-electron chi connectivity index (χ2n) is 5.86. The molecule has 1 N–H and O–H groups in total. The summed E-state index contributed by atoms with van der Waals surface area (Å²) in [5.41, 5.74) is 2.35. The van der Waals surface area contributed by atoms with Crippen molar-refractivity contribution in [2.24, 2.45) is 0 Å². The zero-order valence-electron chi connectivity index (χ0n) is 15.4. The molecule has 28 heavy (non-hydrogen) atoms. The van der Waals surface area contributed by atoms with E-state index in [9.17, 15) is 9.59 Å². The molecule has 1 aliphatic heterocycles. The van der Waals surface area contributed by atoms with E-state index in [2.05, 4.69) is 5.32 Å². The van der Waals surface area contributed by atoms with E-state index in [1.54, 1.807) is 17.0 Å². The number of hydrogen-bond donors (Lipinski definition) is 1. The maximum atomic E-state index is 12.5. The van der Waals surface area contributed by atoms with Crippen LogP contribution < -0.4 is 10.2 Å². The number of ether oxygens (including phenoxy) is 3. The first-order valence-corrected chi connectivity index (χ1v) is 8.79. The van der Waals surface area contributed by atoms with E-state index >= 15 is 0 Å². The van der Waals surface area contributed by atoms with Gasteiger partial charge in [0.15, 0.2) is 0 Å². The van der Waals surface area contributed by atoms with Gasteiger partial charge in [0.25, 0.3) is 0 Å². The fraction of sp³-hybridized carbons (Fsp3) is 0.200. The summed E-state index contributed by atoms with van der Waals surface area (Å²) in [4.78, 5) is 26.2. The van der Waals surface area contributed by atoms with Crippen LogP contribution in [-0.2, 0) is 23.8 Å². The number of nitrogens with zero attached hydrogens (tertiary/aromatic N) is 1. The molecule has 7 nitrogen and oxygen atoms in total. The molecule has 0 atom stereocenters. The van der Waals surface area contributed by atoms with E-state index in [4.69, 9.17) is 25.8 Å². The summed E-state index contributed by atoms with van der Waals surface area (Å²) >= 11 is 5.94. The maximum absolute atomic E-state index is 12.5. The highest BCUT2D eigenvalue weighted by Crippen LogP contribution is 2.34. The zero-order valence-corrected chi connectivity index (χ0v) is 16.2. The Morgan fingerprint density at radius 3 is 2.39 bits per heavy atom. The molecule has 3 rings (SSSR count). The summed E-state index contributed by atoms with van der Waals surface area (Å²) in [5.74, 6) is -1.29. The lowest BCUT2D eigenvalue weighted by Crippen LogP contribution is -2.39. The van der Waals surface area contributed by atoms with Gasteiger partial charge in [-0.1, -0.05) is 23.7 Å². The Bertz CT molecular complexity index is 911. The Morgan fingerprint density at radius 2 is 1.71 bits per heavy atom. The molecule has 0 saturated carbocycles. The van der Waals surface area contributed by atoms with Gasteiger partial charge in [0.05, 0.1) is 37.8 Å². The molecule has 0 spiro atoms. The van der Waals surface area contributed by atoms with Crippen LogP contribution in [0.5, 0.6) is 0 Å². The minimum Gasteiger partial charge on any atom is -0.466 e. The topological polar surface area (TPSA) is 77.1 Å². The van der Waals surface area contributed by atoms with Gasteiger partial charge >= 0.3 is 11.9 Å². The first-order valence-electron chi connectivity index (χ1n) is 8.42. The van der Waals surface area contributed by atoms with Gasteiger partial charge in [0.2, 0.25) is 0 Å². The lowest BCUT2D eigenvalue weighted by Gasteiger charge is -2.32. The van der Waals surface area contributed by atoms with Gasteiger partial charge in [0, 0.05) is 10.7 Å². The molecule has 2 aromatic carbocycles. The van der Waals surface area contributed by atoms with E-state index in [0.717, 1.165) is 5.69 Å². The Kier molecular flexibility index (Phi) is 6.18. The molecular formula is C20H19ClN2O5. The highest BCUT2D eigenvalue weighted by Gasteiger charge is 2.33. The summed E-state index contributed by atoms with van der Waals surface area (Å²) in [6, 6.07) is 14.6. The van der Waals surface area contributed by atoms with Crippen molar-refractivity contribution in [1.82, 2.24) is 0 Å². The molecule has 2 aromatic rings. The average Bonchev–Trinajstić information content (AvgIpc) is 2.74. The fourth-order valence-electron chi connectivity index (χ4n) is 2.84. The smallest absolute Gasteiger partial charge is 0.355 e. The molecule has 0 amide bonds. The number of esters is 2. The van der Waals surface area contributed by atoms with Crippen LogP contribution >= 0.6 is 11.6 Å². The van der Waals surface area contributed by atoms with Crippen molar-refractivity contribution in [2.45, 2.75) is 0 Å². The minimum atomic E-state index is -0.648. The Morgan fingerprint density at radius 1 is 1.04 bits per heavy atom. The normalized spacial score (nSPS) is 13.9. The van der Waals surface area contributed by atoms with Crippen molar-refractivity contribution in [3.63, 3.8) is 0 Å². The minimum absolute atomic E-state index is 0.0413. The molecule has 0 radical (unpaired) electrons. The van der Waals surface area contributed by atoms with Crippen molar-refractivity contribution < 1.29 is 23.8 Å². The Balaban J connectivity index is 2.05. The van der Waals surface area contributed by atoms with Crippen LogP contribution in [0.4, 0.5) is 17.1 Å². The lowest BCUT2D eigenvalue weighted by molar-refractivity contribution is -0.140. The van der Waals surface area contributed by atoms with Crippen LogP contribution in [0, 0.1) is 0 Å². The molecule has 146 valence electrons. The third-order valence-electron chi connectivity index (χ3n) is 4.15. The number of methoxy groups -OCH3 is 2. The molecule has 1 heterocycles. The summed E-state index contributed by atoms with van der Waals surface area (Å²) in [7, 11) is 2.51. The summed E-state index contributed by atoms with van der Waals surface area (Å²) in [6.45, 7) is 0.0324. The van der Waals surface area contributed by atoms with Gasteiger partial charge in [-0.3, -0.25) is 0 Å². The predicted molar refractivity (Wildman–Crippen MR) is 106 cm³/mol.